The van der Waals surface area contributed by atoms with Gasteiger partial charge in [0.2, 0.25) is 0 Å². The van der Waals surface area contributed by atoms with Crippen molar-refractivity contribution in [1.82, 2.24) is 5.32 Å². The van der Waals surface area contributed by atoms with E-state index in [0.717, 1.165) is 12.8 Å². The molecule has 98 valence electrons. The van der Waals surface area contributed by atoms with E-state index >= 15 is 0 Å². The molecular formula is C13H23NO3. The molecule has 0 heterocycles. The summed E-state index contributed by atoms with van der Waals surface area (Å²) < 4.78 is 0. The van der Waals surface area contributed by atoms with Gasteiger partial charge in [0.05, 0.1) is 12.6 Å². The fourth-order valence-corrected chi connectivity index (χ4v) is 2.75. The Morgan fingerprint density at radius 3 is 2.88 bits per heavy atom. The van der Waals surface area contributed by atoms with Crippen molar-refractivity contribution in [2.45, 2.75) is 51.7 Å². The summed E-state index contributed by atoms with van der Waals surface area (Å²) in [6.45, 7) is 5.96. The lowest BCUT2D eigenvalue weighted by Crippen LogP contribution is -2.47. The average molecular weight is 241 g/mol. The number of hydrogen-bond donors (Lipinski definition) is 3. The SMILES string of the molecule is CC(O)CC1=CC(C)CC(C)(NCC(=O)O)C1. The van der Waals surface area contributed by atoms with Gasteiger partial charge in [-0.1, -0.05) is 18.6 Å². The molecule has 1 aliphatic carbocycles. The fraction of sp³-hybridized carbons (Fsp3) is 0.769. The third-order valence-electron chi connectivity index (χ3n) is 3.13. The van der Waals surface area contributed by atoms with E-state index in [0.29, 0.717) is 12.3 Å². The van der Waals surface area contributed by atoms with E-state index < -0.39 is 5.97 Å². The Bertz CT molecular complexity index is 312. The molecule has 0 amide bonds. The van der Waals surface area contributed by atoms with Crippen LogP contribution in [0.2, 0.25) is 0 Å². The number of nitrogens with one attached hydrogen (secondary N) is 1. The predicted molar refractivity (Wildman–Crippen MR) is 66.8 cm³/mol. The van der Waals surface area contributed by atoms with E-state index in [1.54, 1.807) is 6.92 Å². The molecule has 0 aromatic rings. The molecule has 0 aromatic carbocycles. The molecule has 0 spiro atoms. The second kappa shape index (κ2) is 5.65. The van der Waals surface area contributed by atoms with Gasteiger partial charge < -0.3 is 15.5 Å². The second-order valence-corrected chi connectivity index (χ2v) is 5.54. The first-order chi connectivity index (χ1) is 7.81. The van der Waals surface area contributed by atoms with Crippen molar-refractivity contribution >= 4 is 5.97 Å². The summed E-state index contributed by atoms with van der Waals surface area (Å²) in [5.41, 5.74) is 1.05. The quantitative estimate of drug-likeness (QED) is 0.639. The summed E-state index contributed by atoms with van der Waals surface area (Å²) >= 11 is 0. The van der Waals surface area contributed by atoms with Crippen LogP contribution in [0.4, 0.5) is 0 Å². The number of carbonyl (C=O) groups is 1. The Morgan fingerprint density at radius 1 is 1.71 bits per heavy atom. The Balaban J connectivity index is 2.64. The molecule has 0 saturated heterocycles. The van der Waals surface area contributed by atoms with Gasteiger partial charge in [0.1, 0.15) is 0 Å². The molecule has 0 saturated carbocycles. The van der Waals surface area contributed by atoms with E-state index in [-0.39, 0.29) is 18.2 Å². The van der Waals surface area contributed by atoms with E-state index in [1.165, 1.54) is 5.57 Å². The maximum Gasteiger partial charge on any atom is 0.317 e. The van der Waals surface area contributed by atoms with Gasteiger partial charge >= 0.3 is 5.97 Å². The van der Waals surface area contributed by atoms with Crippen LogP contribution in [0.15, 0.2) is 11.6 Å². The molecule has 0 aliphatic heterocycles. The first-order valence-electron chi connectivity index (χ1n) is 6.15. The summed E-state index contributed by atoms with van der Waals surface area (Å²) in [6.07, 6.45) is 4.29. The molecule has 17 heavy (non-hydrogen) atoms. The number of carboxylic acid groups (broad SMARTS) is 1. The Morgan fingerprint density at radius 2 is 2.35 bits per heavy atom. The largest absolute Gasteiger partial charge is 0.480 e. The van der Waals surface area contributed by atoms with Gasteiger partial charge in [-0.3, -0.25) is 4.79 Å². The minimum atomic E-state index is -0.828. The highest BCUT2D eigenvalue weighted by Gasteiger charge is 2.31. The molecule has 3 N–H and O–H groups in total. The lowest BCUT2D eigenvalue weighted by Gasteiger charge is -2.37. The first-order valence-corrected chi connectivity index (χ1v) is 6.15. The summed E-state index contributed by atoms with van der Waals surface area (Å²) in [6, 6.07) is 0. The number of hydrogen-bond acceptors (Lipinski definition) is 3. The summed E-state index contributed by atoms with van der Waals surface area (Å²) in [7, 11) is 0. The predicted octanol–water partition coefficient (Wildman–Crippen LogP) is 1.55. The van der Waals surface area contributed by atoms with Gasteiger partial charge in [-0.25, -0.2) is 0 Å². The minimum absolute atomic E-state index is 0.00875. The monoisotopic (exact) mass is 241 g/mol. The molecule has 1 rings (SSSR count). The summed E-state index contributed by atoms with van der Waals surface area (Å²) in [4.78, 5) is 10.6. The number of rotatable bonds is 5. The number of aliphatic carboxylic acids is 1. The van der Waals surface area contributed by atoms with E-state index in [2.05, 4.69) is 25.2 Å². The zero-order valence-corrected chi connectivity index (χ0v) is 10.9. The van der Waals surface area contributed by atoms with Crippen molar-refractivity contribution in [2.24, 2.45) is 5.92 Å². The molecule has 4 nitrogen and oxygen atoms in total. The van der Waals surface area contributed by atoms with Crippen LogP contribution in [0, 0.1) is 5.92 Å². The molecule has 4 heteroatoms. The van der Waals surface area contributed by atoms with Crippen molar-refractivity contribution in [3.8, 4) is 0 Å². The molecule has 0 fully saturated rings. The topological polar surface area (TPSA) is 69.6 Å². The van der Waals surface area contributed by atoms with Gasteiger partial charge in [-0.15, -0.1) is 0 Å². The molecule has 3 unspecified atom stereocenters. The van der Waals surface area contributed by atoms with Crippen molar-refractivity contribution in [2.75, 3.05) is 6.54 Å². The smallest absolute Gasteiger partial charge is 0.317 e. The van der Waals surface area contributed by atoms with Crippen molar-refractivity contribution < 1.29 is 15.0 Å². The van der Waals surface area contributed by atoms with Crippen molar-refractivity contribution in [1.29, 1.82) is 0 Å². The van der Waals surface area contributed by atoms with Crippen LogP contribution in [0.25, 0.3) is 0 Å². The van der Waals surface area contributed by atoms with Crippen molar-refractivity contribution in [3.05, 3.63) is 11.6 Å². The second-order valence-electron chi connectivity index (χ2n) is 5.54. The standard InChI is InChI=1S/C13H23NO3/c1-9-4-11(5-10(2)15)7-13(3,6-9)14-8-12(16)17/h4,9-10,14-15H,5-8H2,1-3H3,(H,16,17). The number of allylic oxidation sites excluding steroid dienone is 1. The van der Waals surface area contributed by atoms with E-state index in [1.807, 2.05) is 0 Å². The Hall–Kier alpha value is -0.870. The number of aliphatic hydroxyl groups excluding tert-OH is 1. The summed E-state index contributed by atoms with van der Waals surface area (Å²) in [5, 5.41) is 21.3. The van der Waals surface area contributed by atoms with E-state index in [4.69, 9.17) is 5.11 Å². The van der Waals surface area contributed by atoms with Gasteiger partial charge in [0, 0.05) is 5.54 Å². The maximum absolute atomic E-state index is 10.6. The average Bonchev–Trinajstić information content (AvgIpc) is 2.12. The normalized spacial score (nSPS) is 30.8. The van der Waals surface area contributed by atoms with Crippen LogP contribution in [0.5, 0.6) is 0 Å². The molecule has 1 aliphatic rings. The third kappa shape index (κ3) is 4.88. The fourth-order valence-electron chi connectivity index (χ4n) is 2.75. The highest BCUT2D eigenvalue weighted by Crippen LogP contribution is 2.33. The molecule has 0 aromatic heterocycles. The Kier molecular flexibility index (Phi) is 4.71. The number of carboxylic acids is 1. The molecular weight excluding hydrogens is 218 g/mol. The van der Waals surface area contributed by atoms with Crippen LogP contribution in [0.1, 0.15) is 40.0 Å². The van der Waals surface area contributed by atoms with Crippen LogP contribution in [0.3, 0.4) is 0 Å². The molecule has 3 atom stereocenters. The molecule has 0 bridgehead atoms. The molecule has 0 radical (unpaired) electrons. The highest BCUT2D eigenvalue weighted by molar-refractivity contribution is 5.69. The first kappa shape index (κ1) is 14.2. The summed E-state index contributed by atoms with van der Waals surface area (Å²) in [5.74, 6) is -0.408. The van der Waals surface area contributed by atoms with Gasteiger partial charge in [0.25, 0.3) is 0 Å². The highest BCUT2D eigenvalue weighted by atomic mass is 16.4. The number of aliphatic hydroxyl groups is 1. The zero-order chi connectivity index (χ0) is 13.1. The van der Waals surface area contributed by atoms with Gasteiger partial charge in [0.15, 0.2) is 0 Å². The minimum Gasteiger partial charge on any atom is -0.480 e. The van der Waals surface area contributed by atoms with Crippen LogP contribution in [-0.2, 0) is 4.79 Å². The maximum atomic E-state index is 10.6. The van der Waals surface area contributed by atoms with Crippen LogP contribution < -0.4 is 5.32 Å². The zero-order valence-electron chi connectivity index (χ0n) is 10.9. The van der Waals surface area contributed by atoms with Crippen LogP contribution >= 0.6 is 0 Å². The van der Waals surface area contributed by atoms with E-state index in [9.17, 15) is 9.90 Å². The van der Waals surface area contributed by atoms with Crippen LogP contribution in [-0.4, -0.2) is 34.4 Å². The Labute approximate surface area is 103 Å². The lowest BCUT2D eigenvalue weighted by molar-refractivity contribution is -0.136. The third-order valence-corrected chi connectivity index (χ3v) is 3.13. The van der Waals surface area contributed by atoms with Gasteiger partial charge in [-0.05, 0) is 39.0 Å². The van der Waals surface area contributed by atoms with Gasteiger partial charge in [-0.2, -0.15) is 0 Å². The van der Waals surface area contributed by atoms with Crippen molar-refractivity contribution in [3.63, 3.8) is 0 Å². The lowest BCUT2D eigenvalue weighted by atomic mass is 9.77.